The second kappa shape index (κ2) is 12.4. The number of aldehydes is 1. The van der Waals surface area contributed by atoms with Gasteiger partial charge in [0.15, 0.2) is 6.29 Å². The van der Waals surface area contributed by atoms with Crippen LogP contribution in [0.25, 0.3) is 0 Å². The molecule has 0 bridgehead atoms. The molecule has 0 spiro atoms. The minimum atomic E-state index is -1.79. The Balaban J connectivity index is -0.000000340. The van der Waals surface area contributed by atoms with Crippen molar-refractivity contribution in [2.24, 2.45) is 0 Å². The molecule has 0 aliphatic carbocycles. The summed E-state index contributed by atoms with van der Waals surface area (Å²) in [5, 5.41) is 51.0. The van der Waals surface area contributed by atoms with Gasteiger partial charge in [0.05, 0.1) is 6.61 Å². The van der Waals surface area contributed by atoms with E-state index >= 15 is 0 Å². The molecule has 0 rings (SSSR count). The summed E-state index contributed by atoms with van der Waals surface area (Å²) >= 11 is 0. The van der Waals surface area contributed by atoms with E-state index in [4.69, 9.17) is 35.4 Å². The van der Waals surface area contributed by atoms with Gasteiger partial charge in [0, 0.05) is 36.5 Å². The first-order chi connectivity index (χ1) is 7.27. The van der Waals surface area contributed by atoms with Crippen LogP contribution >= 0.6 is 0 Å². The van der Waals surface area contributed by atoms with Crippen LogP contribution in [0.4, 0.5) is 0 Å². The summed E-state index contributed by atoms with van der Waals surface area (Å²) in [6.07, 6.45) is -6.84. The maximum Gasteiger partial charge on any atom is 0.300 e. The van der Waals surface area contributed by atoms with E-state index < -0.39 is 37.0 Å². The number of aliphatic hydroxyl groups is 5. The van der Waals surface area contributed by atoms with Gasteiger partial charge in [-0.15, -0.1) is 0 Å². The van der Waals surface area contributed by atoms with Crippen molar-refractivity contribution in [1.29, 1.82) is 0 Å². The third-order valence-electron chi connectivity index (χ3n) is 1.42. The first kappa shape index (κ1) is 22.1. The Morgan fingerprint density at radius 1 is 1.18 bits per heavy atom. The SMILES string of the molecule is CC(=O)O.O=CC(O)C(O)C(O)C(O)CO.[Na]. The van der Waals surface area contributed by atoms with Crippen molar-refractivity contribution in [1.82, 2.24) is 0 Å². The van der Waals surface area contributed by atoms with Gasteiger partial charge in [-0.1, -0.05) is 0 Å². The van der Waals surface area contributed by atoms with Gasteiger partial charge in [-0.05, 0) is 0 Å². The van der Waals surface area contributed by atoms with Crippen LogP contribution in [0.5, 0.6) is 0 Å². The third kappa shape index (κ3) is 12.2. The van der Waals surface area contributed by atoms with Gasteiger partial charge in [0.2, 0.25) is 0 Å². The molecule has 0 aliphatic heterocycles. The van der Waals surface area contributed by atoms with Crippen molar-refractivity contribution in [2.45, 2.75) is 31.3 Å². The first-order valence-electron chi connectivity index (χ1n) is 4.25. The monoisotopic (exact) mass is 263 g/mol. The summed E-state index contributed by atoms with van der Waals surface area (Å²) in [6.45, 7) is 0.323. The molecule has 9 heteroatoms. The molecule has 4 unspecified atom stereocenters. The number of carboxylic acids is 1. The van der Waals surface area contributed by atoms with Crippen molar-refractivity contribution >= 4 is 41.8 Å². The van der Waals surface area contributed by atoms with E-state index in [-0.39, 0.29) is 35.8 Å². The molecule has 0 fully saturated rings. The van der Waals surface area contributed by atoms with Crippen LogP contribution in [0.15, 0.2) is 0 Å². The van der Waals surface area contributed by atoms with Gasteiger partial charge in [-0.25, -0.2) is 0 Å². The fourth-order valence-corrected chi connectivity index (χ4v) is 0.618. The van der Waals surface area contributed by atoms with Gasteiger partial charge >= 0.3 is 0 Å². The number of aliphatic hydroxyl groups excluding tert-OH is 5. The quantitative estimate of drug-likeness (QED) is 0.219. The molecule has 97 valence electrons. The fourth-order valence-electron chi connectivity index (χ4n) is 0.618. The Labute approximate surface area is 120 Å². The predicted octanol–water partition coefficient (Wildman–Crippen LogP) is -3.67. The van der Waals surface area contributed by atoms with E-state index in [0.29, 0.717) is 0 Å². The van der Waals surface area contributed by atoms with Crippen molar-refractivity contribution < 1.29 is 40.2 Å². The molecule has 8 nitrogen and oxygen atoms in total. The van der Waals surface area contributed by atoms with Crippen molar-refractivity contribution in [3.63, 3.8) is 0 Å². The fraction of sp³-hybridized carbons (Fsp3) is 0.750. The Bertz CT molecular complexity index is 208. The zero-order chi connectivity index (χ0) is 13.3. The molecule has 17 heavy (non-hydrogen) atoms. The van der Waals surface area contributed by atoms with Gasteiger partial charge in [-0.3, -0.25) is 4.79 Å². The molecule has 0 amide bonds. The topological polar surface area (TPSA) is 156 Å². The second-order valence-electron chi connectivity index (χ2n) is 2.88. The van der Waals surface area contributed by atoms with E-state index in [0.717, 1.165) is 6.92 Å². The van der Waals surface area contributed by atoms with Crippen molar-refractivity contribution in [2.75, 3.05) is 6.61 Å². The van der Waals surface area contributed by atoms with Gasteiger partial charge < -0.3 is 35.4 Å². The first-order valence-corrected chi connectivity index (χ1v) is 4.25. The number of aliphatic carboxylic acids is 1. The van der Waals surface area contributed by atoms with Crippen LogP contribution < -0.4 is 0 Å². The number of hydrogen-bond donors (Lipinski definition) is 6. The summed E-state index contributed by atoms with van der Waals surface area (Å²) in [7, 11) is 0. The summed E-state index contributed by atoms with van der Waals surface area (Å²) in [5.74, 6) is -0.833. The van der Waals surface area contributed by atoms with Crippen LogP contribution in [0.3, 0.4) is 0 Å². The minimum absolute atomic E-state index is 0. The molecule has 0 aromatic rings. The van der Waals surface area contributed by atoms with Gasteiger partial charge in [0.1, 0.15) is 24.4 Å². The molecule has 4 atom stereocenters. The van der Waals surface area contributed by atoms with Crippen LogP contribution in [-0.4, -0.2) is 103 Å². The standard InChI is InChI=1S/C6H12O6.C2H4O2.Na/c7-1-3(9)5(11)6(12)4(10)2-8;1-2(3)4;/h1,3-6,8-12H,2H2;1H3,(H,3,4);. The summed E-state index contributed by atoms with van der Waals surface area (Å²) in [6, 6.07) is 0. The molecular weight excluding hydrogens is 247 g/mol. The Kier molecular flexibility index (Phi) is 16.2. The van der Waals surface area contributed by atoms with Crippen LogP contribution in [0, 0.1) is 0 Å². The molecule has 1 radical (unpaired) electrons. The van der Waals surface area contributed by atoms with E-state index in [1.807, 2.05) is 0 Å². The molecule has 0 aromatic carbocycles. The maximum atomic E-state index is 9.90. The predicted molar refractivity (Wildman–Crippen MR) is 56.2 cm³/mol. The van der Waals surface area contributed by atoms with Crippen LogP contribution in [0.1, 0.15) is 6.92 Å². The minimum Gasteiger partial charge on any atom is -0.481 e. The number of hydrogen-bond acceptors (Lipinski definition) is 7. The van der Waals surface area contributed by atoms with Crippen LogP contribution in [0.2, 0.25) is 0 Å². The molecule has 0 heterocycles. The largest absolute Gasteiger partial charge is 0.481 e. The smallest absolute Gasteiger partial charge is 0.300 e. The Morgan fingerprint density at radius 2 is 1.53 bits per heavy atom. The summed E-state index contributed by atoms with van der Waals surface area (Å²) in [4.78, 5) is 18.9. The van der Waals surface area contributed by atoms with Crippen LogP contribution in [-0.2, 0) is 9.59 Å². The summed E-state index contributed by atoms with van der Waals surface area (Å²) < 4.78 is 0. The number of carboxylic acid groups (broad SMARTS) is 1. The third-order valence-corrected chi connectivity index (χ3v) is 1.42. The molecule has 0 aromatic heterocycles. The Hall–Kier alpha value is -0.0600. The molecule has 0 aliphatic rings. The normalized spacial score (nSPS) is 16.4. The molecular formula is C8H16NaO8. The average molecular weight is 263 g/mol. The number of rotatable bonds is 5. The molecule has 0 saturated carbocycles. The zero-order valence-corrected chi connectivity index (χ0v) is 11.6. The van der Waals surface area contributed by atoms with E-state index in [2.05, 4.69) is 0 Å². The van der Waals surface area contributed by atoms with E-state index in [1.165, 1.54) is 0 Å². The van der Waals surface area contributed by atoms with E-state index in [1.54, 1.807) is 0 Å². The second-order valence-corrected chi connectivity index (χ2v) is 2.88. The Morgan fingerprint density at radius 3 is 1.76 bits per heavy atom. The molecule has 0 saturated heterocycles. The van der Waals surface area contributed by atoms with Gasteiger partial charge in [-0.2, -0.15) is 0 Å². The average Bonchev–Trinajstić information content (AvgIpc) is 2.24. The maximum absolute atomic E-state index is 9.90. The zero-order valence-electron chi connectivity index (χ0n) is 9.59. The summed E-state index contributed by atoms with van der Waals surface area (Å²) in [5.41, 5.74) is 0. The van der Waals surface area contributed by atoms with Crippen molar-refractivity contribution in [3.8, 4) is 0 Å². The molecule has 6 N–H and O–H groups in total. The van der Waals surface area contributed by atoms with Crippen molar-refractivity contribution in [3.05, 3.63) is 0 Å². The number of carbonyl (C=O) groups excluding carboxylic acids is 1. The van der Waals surface area contributed by atoms with E-state index in [9.17, 15) is 4.79 Å². The number of carbonyl (C=O) groups is 2. The van der Waals surface area contributed by atoms with Gasteiger partial charge in [0.25, 0.3) is 5.97 Å².